The summed E-state index contributed by atoms with van der Waals surface area (Å²) in [4.78, 5) is 0. The summed E-state index contributed by atoms with van der Waals surface area (Å²) in [5, 5.41) is 0. The highest BCUT2D eigenvalue weighted by Crippen LogP contribution is 2.65. The molecule has 3 aliphatic carbocycles. The summed E-state index contributed by atoms with van der Waals surface area (Å²) in [6.07, 6.45) is 2.74. The van der Waals surface area contributed by atoms with Crippen molar-refractivity contribution in [1.29, 1.82) is 0 Å². The van der Waals surface area contributed by atoms with E-state index in [4.69, 9.17) is 9.31 Å². The van der Waals surface area contributed by atoms with Crippen molar-refractivity contribution in [2.24, 2.45) is 17.3 Å². The van der Waals surface area contributed by atoms with Crippen LogP contribution in [-0.2, 0) is 9.31 Å². The smallest absolute Gasteiger partial charge is 0.402 e. The van der Waals surface area contributed by atoms with Gasteiger partial charge in [0.2, 0.25) is 0 Å². The zero-order chi connectivity index (χ0) is 13.3. The first-order valence-electron chi connectivity index (χ1n) is 7.40. The van der Waals surface area contributed by atoms with E-state index >= 15 is 0 Å². The first-order valence-corrected chi connectivity index (χ1v) is 7.40. The molecule has 4 atom stereocenters. The van der Waals surface area contributed by atoms with Gasteiger partial charge >= 0.3 is 7.12 Å². The van der Waals surface area contributed by atoms with Gasteiger partial charge in [0.25, 0.3) is 0 Å². The second-order valence-corrected chi connectivity index (χ2v) is 7.21. The molecular weight excluding hydrogens is 235 g/mol. The van der Waals surface area contributed by atoms with E-state index in [-0.39, 0.29) is 18.8 Å². The molecule has 2 bridgehead atoms. The summed E-state index contributed by atoms with van der Waals surface area (Å²) in [6.45, 7) is 7.06. The Hall–Kier alpha value is -0.795. The predicted molar refractivity (Wildman–Crippen MR) is 76.2 cm³/mol. The molecule has 1 aromatic rings. The normalized spacial score (nSPS) is 42.7. The molecule has 0 N–H and O–H groups in total. The molecule has 4 aliphatic rings. The molecule has 4 fully saturated rings. The second kappa shape index (κ2) is 3.65. The lowest BCUT2D eigenvalue weighted by molar-refractivity contribution is -0.199. The summed E-state index contributed by atoms with van der Waals surface area (Å²) in [5.41, 5.74) is 1.46. The largest absolute Gasteiger partial charge is 0.494 e. The van der Waals surface area contributed by atoms with E-state index in [0.717, 1.165) is 17.8 Å². The average Bonchev–Trinajstić information content (AvgIpc) is 2.76. The Bertz CT molecular complexity index is 501. The Morgan fingerprint density at radius 2 is 1.84 bits per heavy atom. The zero-order valence-electron chi connectivity index (χ0n) is 11.9. The van der Waals surface area contributed by atoms with Gasteiger partial charge in [-0.25, -0.2) is 0 Å². The van der Waals surface area contributed by atoms with E-state index in [1.54, 1.807) is 0 Å². The highest BCUT2D eigenvalue weighted by molar-refractivity contribution is 6.62. The van der Waals surface area contributed by atoms with E-state index < -0.39 is 0 Å². The quantitative estimate of drug-likeness (QED) is 0.719. The number of hydrogen-bond donors (Lipinski definition) is 0. The van der Waals surface area contributed by atoms with Crippen molar-refractivity contribution in [1.82, 2.24) is 0 Å². The molecule has 100 valence electrons. The molecule has 0 amide bonds. The van der Waals surface area contributed by atoms with E-state index in [1.165, 1.54) is 6.42 Å². The Labute approximate surface area is 115 Å². The summed E-state index contributed by atoms with van der Waals surface area (Å²) in [5.74, 6) is 1.45. The van der Waals surface area contributed by atoms with Crippen LogP contribution in [0.1, 0.15) is 33.6 Å². The molecule has 1 heterocycles. The molecule has 0 spiro atoms. The van der Waals surface area contributed by atoms with E-state index in [1.807, 2.05) is 6.07 Å². The van der Waals surface area contributed by atoms with Gasteiger partial charge in [-0.2, -0.15) is 0 Å². The fourth-order valence-electron chi connectivity index (χ4n) is 4.62. The van der Waals surface area contributed by atoms with Crippen molar-refractivity contribution in [3.8, 4) is 0 Å². The maximum absolute atomic E-state index is 6.40. The number of hydrogen-bond acceptors (Lipinski definition) is 2. The van der Waals surface area contributed by atoms with Crippen molar-refractivity contribution in [3.63, 3.8) is 0 Å². The van der Waals surface area contributed by atoms with Gasteiger partial charge in [-0.3, -0.25) is 0 Å². The lowest BCUT2D eigenvalue weighted by atomic mass is 9.43. The standard InChI is InChI=1S/C16H21BO2/c1-15(2)11-9-13(15)16(3)14(10-11)18-17(19-16)12-7-5-4-6-8-12/h4-8,11,13-14H,9-10H2,1-3H3/t11?,13?,14-,16-/m0/s1. The van der Waals surface area contributed by atoms with Crippen LogP contribution >= 0.6 is 0 Å². The highest BCUT2D eigenvalue weighted by atomic mass is 16.7. The van der Waals surface area contributed by atoms with Crippen LogP contribution in [0.15, 0.2) is 30.3 Å². The Morgan fingerprint density at radius 3 is 2.53 bits per heavy atom. The monoisotopic (exact) mass is 256 g/mol. The summed E-state index contributed by atoms with van der Waals surface area (Å²) < 4.78 is 12.6. The Kier molecular flexibility index (Phi) is 2.30. The third kappa shape index (κ3) is 1.46. The van der Waals surface area contributed by atoms with E-state index in [2.05, 4.69) is 45.0 Å². The van der Waals surface area contributed by atoms with Gasteiger partial charge in [0.05, 0.1) is 11.7 Å². The molecule has 1 saturated heterocycles. The van der Waals surface area contributed by atoms with Crippen molar-refractivity contribution in [3.05, 3.63) is 30.3 Å². The minimum absolute atomic E-state index is 0.0985. The lowest BCUT2D eigenvalue weighted by Crippen LogP contribution is -2.65. The minimum atomic E-state index is -0.175. The predicted octanol–water partition coefficient (Wildman–Crippen LogP) is 2.62. The first-order chi connectivity index (χ1) is 9.02. The van der Waals surface area contributed by atoms with Crippen molar-refractivity contribution in [2.45, 2.75) is 45.3 Å². The molecule has 2 nitrogen and oxygen atoms in total. The summed E-state index contributed by atoms with van der Waals surface area (Å²) in [7, 11) is -0.175. The first kappa shape index (κ1) is 12.0. The van der Waals surface area contributed by atoms with Crippen LogP contribution in [0, 0.1) is 17.3 Å². The lowest BCUT2D eigenvalue weighted by Gasteiger charge is -2.64. The van der Waals surface area contributed by atoms with Crippen LogP contribution in [-0.4, -0.2) is 18.8 Å². The Morgan fingerprint density at radius 1 is 1.11 bits per heavy atom. The molecular formula is C16H21BO2. The van der Waals surface area contributed by atoms with Gasteiger partial charge in [0.1, 0.15) is 0 Å². The molecule has 1 aliphatic heterocycles. The highest BCUT2D eigenvalue weighted by Gasteiger charge is 2.67. The molecule has 3 saturated carbocycles. The van der Waals surface area contributed by atoms with Gasteiger partial charge in [0, 0.05) is 0 Å². The Balaban J connectivity index is 1.64. The SMILES string of the molecule is CC1(C)C2CC1[C@]1(C)OB(c3ccccc3)O[C@H]1C2. The van der Waals surface area contributed by atoms with E-state index in [9.17, 15) is 0 Å². The fraction of sp³-hybridized carbons (Fsp3) is 0.625. The topological polar surface area (TPSA) is 18.5 Å². The van der Waals surface area contributed by atoms with Gasteiger partial charge in [0.15, 0.2) is 0 Å². The summed E-state index contributed by atoms with van der Waals surface area (Å²) in [6, 6.07) is 10.3. The van der Waals surface area contributed by atoms with Crippen LogP contribution in [0.25, 0.3) is 0 Å². The van der Waals surface area contributed by atoms with Crippen LogP contribution in [0.2, 0.25) is 0 Å². The molecule has 1 aromatic carbocycles. The fourth-order valence-corrected chi connectivity index (χ4v) is 4.62. The van der Waals surface area contributed by atoms with Crippen LogP contribution in [0.4, 0.5) is 0 Å². The molecule has 19 heavy (non-hydrogen) atoms. The van der Waals surface area contributed by atoms with Crippen LogP contribution in [0.3, 0.4) is 0 Å². The third-order valence-electron chi connectivity index (χ3n) is 6.02. The molecule has 2 unspecified atom stereocenters. The summed E-state index contributed by atoms with van der Waals surface area (Å²) >= 11 is 0. The number of rotatable bonds is 1. The van der Waals surface area contributed by atoms with Gasteiger partial charge in [-0.1, -0.05) is 44.2 Å². The van der Waals surface area contributed by atoms with Crippen molar-refractivity contribution >= 4 is 12.6 Å². The second-order valence-electron chi connectivity index (χ2n) is 7.21. The maximum Gasteiger partial charge on any atom is 0.494 e. The molecule has 0 radical (unpaired) electrons. The van der Waals surface area contributed by atoms with Crippen molar-refractivity contribution < 1.29 is 9.31 Å². The average molecular weight is 256 g/mol. The van der Waals surface area contributed by atoms with Crippen LogP contribution in [0.5, 0.6) is 0 Å². The van der Waals surface area contributed by atoms with Gasteiger partial charge in [-0.05, 0) is 42.5 Å². The van der Waals surface area contributed by atoms with Crippen LogP contribution < -0.4 is 5.46 Å². The number of benzene rings is 1. The zero-order valence-corrected chi connectivity index (χ0v) is 11.9. The van der Waals surface area contributed by atoms with Crippen molar-refractivity contribution in [2.75, 3.05) is 0 Å². The van der Waals surface area contributed by atoms with E-state index in [0.29, 0.717) is 11.3 Å². The molecule has 0 aromatic heterocycles. The molecule has 3 heteroatoms. The maximum atomic E-state index is 6.40. The van der Waals surface area contributed by atoms with Gasteiger partial charge in [-0.15, -0.1) is 0 Å². The minimum Gasteiger partial charge on any atom is -0.402 e. The van der Waals surface area contributed by atoms with Gasteiger partial charge < -0.3 is 9.31 Å². The third-order valence-corrected chi connectivity index (χ3v) is 6.02. The molecule has 5 rings (SSSR count).